The van der Waals surface area contributed by atoms with Gasteiger partial charge in [-0.3, -0.25) is 0 Å². The zero-order valence-corrected chi connectivity index (χ0v) is 13.6. The van der Waals surface area contributed by atoms with Crippen LogP contribution in [-0.2, 0) is 6.42 Å². The molecule has 1 aromatic carbocycles. The first-order valence-electron chi connectivity index (χ1n) is 8.14. The zero-order chi connectivity index (χ0) is 15.2. The number of hydrogen-bond acceptors (Lipinski definition) is 2. The highest BCUT2D eigenvalue weighted by molar-refractivity contribution is 5.53. The van der Waals surface area contributed by atoms with Crippen LogP contribution in [0.2, 0.25) is 0 Å². The molecule has 2 atom stereocenters. The van der Waals surface area contributed by atoms with E-state index >= 15 is 0 Å². The minimum Gasteiger partial charge on any atom is -0.507 e. The van der Waals surface area contributed by atoms with Crippen LogP contribution < -0.4 is 4.74 Å². The summed E-state index contributed by atoms with van der Waals surface area (Å²) in [7, 11) is 0. The number of phenolic OH excluding ortho intramolecular Hbond substituents is 1. The van der Waals surface area contributed by atoms with Crippen LogP contribution in [0.3, 0.4) is 0 Å². The summed E-state index contributed by atoms with van der Waals surface area (Å²) in [6.07, 6.45) is 6.67. The standard InChI is InChI=1S/C19H26O2/c1-5-6-13-10-16(20)18-14-9-12(2)7-8-15(14)19(3,4)21-17(18)11-13/h9-11,14-15,20H,5-8H2,1-4H3/t14-,15+/m0/s1. The molecule has 0 amide bonds. The van der Waals surface area contributed by atoms with Crippen molar-refractivity contribution in [3.8, 4) is 11.5 Å². The largest absolute Gasteiger partial charge is 0.507 e. The van der Waals surface area contributed by atoms with Crippen LogP contribution in [0.5, 0.6) is 11.5 Å². The Kier molecular flexibility index (Phi) is 3.51. The van der Waals surface area contributed by atoms with Crippen molar-refractivity contribution in [2.75, 3.05) is 0 Å². The minimum absolute atomic E-state index is 0.174. The number of aryl methyl sites for hydroxylation is 1. The molecule has 3 rings (SSSR count). The summed E-state index contributed by atoms with van der Waals surface area (Å²) in [4.78, 5) is 0. The van der Waals surface area contributed by atoms with Gasteiger partial charge in [-0.1, -0.05) is 25.0 Å². The molecule has 1 heterocycles. The Balaban J connectivity index is 2.13. The Morgan fingerprint density at radius 2 is 2.10 bits per heavy atom. The second-order valence-corrected chi connectivity index (χ2v) is 7.17. The topological polar surface area (TPSA) is 29.5 Å². The van der Waals surface area contributed by atoms with E-state index in [1.165, 1.54) is 11.1 Å². The molecule has 0 bridgehead atoms. The third-order valence-electron chi connectivity index (χ3n) is 5.07. The molecule has 1 N–H and O–H groups in total. The summed E-state index contributed by atoms with van der Waals surface area (Å²) in [5.41, 5.74) is 3.42. The molecular formula is C19H26O2. The Bertz CT molecular complexity index is 583. The van der Waals surface area contributed by atoms with E-state index in [0.29, 0.717) is 11.7 Å². The number of benzene rings is 1. The van der Waals surface area contributed by atoms with E-state index in [1.54, 1.807) is 0 Å². The molecule has 1 aromatic rings. The van der Waals surface area contributed by atoms with Gasteiger partial charge in [-0.05, 0) is 57.7 Å². The van der Waals surface area contributed by atoms with Crippen LogP contribution in [0.1, 0.15) is 64.0 Å². The van der Waals surface area contributed by atoms with Crippen LogP contribution in [0, 0.1) is 5.92 Å². The predicted molar refractivity (Wildman–Crippen MR) is 86.0 cm³/mol. The van der Waals surface area contributed by atoms with Gasteiger partial charge in [0.05, 0.1) is 0 Å². The molecule has 114 valence electrons. The maximum Gasteiger partial charge on any atom is 0.127 e. The lowest BCUT2D eigenvalue weighted by atomic mass is 9.68. The summed E-state index contributed by atoms with van der Waals surface area (Å²) in [6.45, 7) is 8.72. The van der Waals surface area contributed by atoms with Gasteiger partial charge in [0.25, 0.3) is 0 Å². The van der Waals surface area contributed by atoms with Gasteiger partial charge in [0.1, 0.15) is 17.1 Å². The average molecular weight is 286 g/mol. The highest BCUT2D eigenvalue weighted by atomic mass is 16.5. The monoisotopic (exact) mass is 286 g/mol. The van der Waals surface area contributed by atoms with E-state index in [1.807, 2.05) is 6.07 Å². The van der Waals surface area contributed by atoms with Crippen molar-refractivity contribution in [2.45, 2.75) is 64.9 Å². The van der Waals surface area contributed by atoms with Gasteiger partial charge in [0.2, 0.25) is 0 Å². The van der Waals surface area contributed by atoms with Gasteiger partial charge in [0.15, 0.2) is 0 Å². The first kappa shape index (κ1) is 14.5. The lowest BCUT2D eigenvalue weighted by Crippen LogP contribution is -2.45. The van der Waals surface area contributed by atoms with Gasteiger partial charge in [-0.15, -0.1) is 0 Å². The first-order valence-corrected chi connectivity index (χ1v) is 8.14. The van der Waals surface area contributed by atoms with E-state index < -0.39 is 0 Å². The van der Waals surface area contributed by atoms with Crippen LogP contribution in [0.4, 0.5) is 0 Å². The maximum atomic E-state index is 10.5. The second-order valence-electron chi connectivity index (χ2n) is 7.17. The number of rotatable bonds is 2. The summed E-state index contributed by atoms with van der Waals surface area (Å²) in [5.74, 6) is 2.02. The van der Waals surface area contributed by atoms with E-state index in [0.717, 1.165) is 37.0 Å². The van der Waals surface area contributed by atoms with Crippen LogP contribution >= 0.6 is 0 Å². The van der Waals surface area contributed by atoms with Gasteiger partial charge >= 0.3 is 0 Å². The molecule has 2 aliphatic rings. The van der Waals surface area contributed by atoms with Crippen LogP contribution in [0.25, 0.3) is 0 Å². The Labute approximate surface area is 127 Å². The molecule has 1 aliphatic heterocycles. The highest BCUT2D eigenvalue weighted by Gasteiger charge is 2.45. The number of fused-ring (bicyclic) bond motifs is 3. The molecule has 21 heavy (non-hydrogen) atoms. The van der Waals surface area contributed by atoms with Gasteiger partial charge < -0.3 is 9.84 Å². The number of aromatic hydroxyl groups is 1. The number of hydrogen-bond donors (Lipinski definition) is 1. The fourth-order valence-corrected chi connectivity index (χ4v) is 4.01. The van der Waals surface area contributed by atoms with E-state index in [4.69, 9.17) is 4.74 Å². The minimum atomic E-state index is -0.174. The average Bonchev–Trinajstić information content (AvgIpc) is 2.37. The summed E-state index contributed by atoms with van der Waals surface area (Å²) >= 11 is 0. The normalized spacial score (nSPS) is 26.4. The van der Waals surface area contributed by atoms with Crippen molar-refractivity contribution in [3.05, 3.63) is 34.9 Å². The number of allylic oxidation sites excluding steroid dienone is 2. The molecule has 0 unspecified atom stereocenters. The molecule has 0 fully saturated rings. The smallest absolute Gasteiger partial charge is 0.127 e. The fraction of sp³-hybridized carbons (Fsp3) is 0.579. The lowest BCUT2D eigenvalue weighted by Gasteiger charge is -2.46. The SMILES string of the molecule is CCCc1cc(O)c2c(c1)OC(C)(C)[C@@H]1CCC(C)=C[C@H]21. The number of phenols is 1. The van der Waals surface area contributed by atoms with Crippen molar-refractivity contribution in [1.29, 1.82) is 0 Å². The summed E-state index contributed by atoms with van der Waals surface area (Å²) in [5, 5.41) is 10.5. The van der Waals surface area contributed by atoms with E-state index in [2.05, 4.69) is 39.8 Å². The van der Waals surface area contributed by atoms with Gasteiger partial charge in [-0.25, -0.2) is 0 Å². The Hall–Kier alpha value is -1.44. The Morgan fingerprint density at radius 1 is 1.33 bits per heavy atom. The van der Waals surface area contributed by atoms with Crippen LogP contribution in [-0.4, -0.2) is 10.7 Å². The second kappa shape index (κ2) is 5.08. The molecular weight excluding hydrogens is 260 g/mol. The van der Waals surface area contributed by atoms with Crippen molar-refractivity contribution in [1.82, 2.24) is 0 Å². The van der Waals surface area contributed by atoms with Crippen molar-refractivity contribution in [3.63, 3.8) is 0 Å². The van der Waals surface area contributed by atoms with Crippen LogP contribution in [0.15, 0.2) is 23.8 Å². The maximum absolute atomic E-state index is 10.5. The molecule has 1 aliphatic carbocycles. The highest BCUT2D eigenvalue weighted by Crippen LogP contribution is 2.53. The summed E-state index contributed by atoms with van der Waals surface area (Å²) < 4.78 is 6.30. The van der Waals surface area contributed by atoms with Gasteiger partial charge in [-0.2, -0.15) is 0 Å². The molecule has 0 saturated carbocycles. The first-order chi connectivity index (χ1) is 9.92. The molecule has 0 saturated heterocycles. The molecule has 2 nitrogen and oxygen atoms in total. The molecule has 2 heteroatoms. The third-order valence-corrected chi connectivity index (χ3v) is 5.07. The Morgan fingerprint density at radius 3 is 2.81 bits per heavy atom. The molecule has 0 aromatic heterocycles. The van der Waals surface area contributed by atoms with E-state index in [-0.39, 0.29) is 11.5 Å². The lowest BCUT2D eigenvalue weighted by molar-refractivity contribution is 0.0107. The fourth-order valence-electron chi connectivity index (χ4n) is 4.01. The molecule has 0 radical (unpaired) electrons. The van der Waals surface area contributed by atoms with E-state index in [9.17, 15) is 5.11 Å². The van der Waals surface area contributed by atoms with Crippen molar-refractivity contribution in [2.24, 2.45) is 5.92 Å². The van der Waals surface area contributed by atoms with Crippen molar-refractivity contribution < 1.29 is 9.84 Å². The van der Waals surface area contributed by atoms with Gasteiger partial charge in [0, 0.05) is 17.4 Å². The summed E-state index contributed by atoms with van der Waals surface area (Å²) in [6, 6.07) is 4.06. The predicted octanol–water partition coefficient (Wildman–Crippen LogP) is 4.96. The number of ether oxygens (including phenoxy) is 1. The molecule has 0 spiro atoms. The zero-order valence-electron chi connectivity index (χ0n) is 13.6. The van der Waals surface area contributed by atoms with Crippen molar-refractivity contribution >= 4 is 0 Å². The third kappa shape index (κ3) is 2.45. The quantitative estimate of drug-likeness (QED) is 0.779.